The molecule has 7 nitrogen and oxygen atoms in total. The first-order valence-corrected chi connectivity index (χ1v) is 15.4. The molecule has 200 valence electrons. The van der Waals surface area contributed by atoms with Crippen LogP contribution in [-0.4, -0.2) is 73.7 Å². The number of hydrogen-bond donors (Lipinski definition) is 5. The number of fused-ring (bicyclic) bond motifs is 1. The highest BCUT2D eigenvalue weighted by atomic mass is 32.2. The van der Waals surface area contributed by atoms with Crippen LogP contribution in [-0.2, 0) is 9.53 Å². The number of carbonyl (C=O) groups excluding carboxylic acids is 1. The highest BCUT2D eigenvalue weighted by Gasteiger charge is 2.42. The lowest BCUT2D eigenvalue weighted by molar-refractivity contribution is -0.121. The lowest BCUT2D eigenvalue weighted by atomic mass is 9.80. The molecule has 0 spiro atoms. The largest absolute Gasteiger partial charge is 0.380 e. The number of nitrogens with one attached hydrogen (secondary N) is 5. The fraction of sp³-hybridized carbons (Fsp3) is 0.963. The van der Waals surface area contributed by atoms with Gasteiger partial charge in [0.1, 0.15) is 6.29 Å². The van der Waals surface area contributed by atoms with Crippen LogP contribution in [0.4, 0.5) is 0 Å². The normalized spacial score (nSPS) is 46.7. The summed E-state index contributed by atoms with van der Waals surface area (Å²) in [6.07, 6.45) is 11.1. The smallest absolute Gasteiger partial charge is 0.233 e. The summed E-state index contributed by atoms with van der Waals surface area (Å²) in [7, 11) is 1.83. The summed E-state index contributed by atoms with van der Waals surface area (Å²) in [6, 6.07) is 1.20. The van der Waals surface area contributed by atoms with Crippen molar-refractivity contribution in [3.63, 3.8) is 0 Å². The Morgan fingerprint density at radius 2 is 1.86 bits per heavy atom. The zero-order valence-electron chi connectivity index (χ0n) is 22.1. The van der Waals surface area contributed by atoms with Gasteiger partial charge in [-0.1, -0.05) is 13.8 Å². The minimum absolute atomic E-state index is 0.133. The molecule has 11 unspecified atom stereocenters. The maximum Gasteiger partial charge on any atom is 0.233 e. The standard InChI is InChI=1S/C27H49N5O2S/c1-16-4-7-24-18(10-16)12-25(35-24)26(33)30-20-6-5-17(2)23(13-20)32-27-29-9-8-22(31-27)19-11-21(34-3)15-28-14-19/h16-25,27-29,31-32H,4-15H2,1-3H3,(H,30,33). The molecule has 2 aliphatic carbocycles. The van der Waals surface area contributed by atoms with E-state index in [0.29, 0.717) is 42.0 Å². The van der Waals surface area contributed by atoms with Crippen LogP contribution < -0.4 is 26.6 Å². The summed E-state index contributed by atoms with van der Waals surface area (Å²) in [6.45, 7) is 7.81. The van der Waals surface area contributed by atoms with E-state index in [4.69, 9.17) is 4.74 Å². The van der Waals surface area contributed by atoms with Crippen LogP contribution in [0.2, 0.25) is 0 Å². The molecule has 3 aliphatic heterocycles. The molecular formula is C27H49N5O2S. The van der Waals surface area contributed by atoms with Gasteiger partial charge >= 0.3 is 0 Å². The van der Waals surface area contributed by atoms with E-state index in [9.17, 15) is 4.79 Å². The fourth-order valence-electron chi connectivity index (χ4n) is 7.44. The zero-order valence-corrected chi connectivity index (χ0v) is 22.9. The van der Waals surface area contributed by atoms with Crippen molar-refractivity contribution in [1.82, 2.24) is 26.6 Å². The van der Waals surface area contributed by atoms with E-state index < -0.39 is 0 Å². The van der Waals surface area contributed by atoms with Gasteiger partial charge < -0.3 is 15.4 Å². The van der Waals surface area contributed by atoms with Crippen molar-refractivity contribution < 1.29 is 9.53 Å². The van der Waals surface area contributed by atoms with Crippen LogP contribution in [0.5, 0.6) is 0 Å². The highest BCUT2D eigenvalue weighted by molar-refractivity contribution is 8.01. The molecule has 5 fully saturated rings. The van der Waals surface area contributed by atoms with E-state index in [1.54, 1.807) is 0 Å². The minimum atomic E-state index is 0.133. The molecule has 2 saturated carbocycles. The lowest BCUT2D eigenvalue weighted by Gasteiger charge is -2.43. The second kappa shape index (κ2) is 12.0. The lowest BCUT2D eigenvalue weighted by Crippen LogP contribution is -2.66. The molecule has 35 heavy (non-hydrogen) atoms. The van der Waals surface area contributed by atoms with Gasteiger partial charge in [-0.25, -0.2) is 0 Å². The van der Waals surface area contributed by atoms with Crippen molar-refractivity contribution in [2.75, 3.05) is 26.7 Å². The number of methoxy groups -OCH3 is 1. The van der Waals surface area contributed by atoms with Gasteiger partial charge in [0.15, 0.2) is 0 Å². The maximum absolute atomic E-state index is 13.2. The molecule has 0 radical (unpaired) electrons. The monoisotopic (exact) mass is 507 g/mol. The average Bonchev–Trinajstić information content (AvgIpc) is 3.30. The number of hydrogen-bond acceptors (Lipinski definition) is 7. The van der Waals surface area contributed by atoms with E-state index in [1.807, 2.05) is 18.9 Å². The quantitative estimate of drug-likeness (QED) is 0.378. The molecule has 0 aromatic rings. The van der Waals surface area contributed by atoms with Gasteiger partial charge in [-0.05, 0) is 94.5 Å². The molecular weight excluding hydrogens is 458 g/mol. The summed E-state index contributed by atoms with van der Waals surface area (Å²) in [5.41, 5.74) is 0. The summed E-state index contributed by atoms with van der Waals surface area (Å²) >= 11 is 1.98. The topological polar surface area (TPSA) is 86.5 Å². The van der Waals surface area contributed by atoms with E-state index in [0.717, 1.165) is 68.8 Å². The van der Waals surface area contributed by atoms with Crippen LogP contribution in [0.25, 0.3) is 0 Å². The summed E-state index contributed by atoms with van der Waals surface area (Å²) in [4.78, 5) is 13.2. The number of rotatable bonds is 6. The first-order valence-electron chi connectivity index (χ1n) is 14.4. The van der Waals surface area contributed by atoms with E-state index in [-0.39, 0.29) is 11.5 Å². The number of piperidine rings is 1. The Hall–Kier alpha value is -0.380. The SMILES string of the molecule is COC1CNCC(C2CCNC(NC3CC(NC(=O)C4CC5CC(C)CCC5S4)CCC3C)N2)C1. The molecule has 0 bridgehead atoms. The highest BCUT2D eigenvalue weighted by Crippen LogP contribution is 2.47. The van der Waals surface area contributed by atoms with Crippen LogP contribution in [0, 0.1) is 23.7 Å². The third kappa shape index (κ3) is 6.55. The van der Waals surface area contributed by atoms with Gasteiger partial charge in [-0.15, -0.1) is 11.8 Å². The summed E-state index contributed by atoms with van der Waals surface area (Å²) < 4.78 is 5.63. The summed E-state index contributed by atoms with van der Waals surface area (Å²) in [5, 5.41) is 19.3. The van der Waals surface area contributed by atoms with Crippen LogP contribution in [0.15, 0.2) is 0 Å². The Balaban J connectivity index is 1.10. The van der Waals surface area contributed by atoms with Crippen LogP contribution >= 0.6 is 11.8 Å². The van der Waals surface area contributed by atoms with E-state index in [2.05, 4.69) is 40.4 Å². The first-order chi connectivity index (χ1) is 17.0. The van der Waals surface area contributed by atoms with Crippen LogP contribution in [0.1, 0.15) is 71.6 Å². The van der Waals surface area contributed by atoms with Crippen molar-refractivity contribution in [2.24, 2.45) is 23.7 Å². The maximum atomic E-state index is 13.2. The predicted molar refractivity (Wildman–Crippen MR) is 143 cm³/mol. The van der Waals surface area contributed by atoms with Crippen LogP contribution in [0.3, 0.4) is 0 Å². The molecule has 3 saturated heterocycles. The van der Waals surface area contributed by atoms with Crippen molar-refractivity contribution in [1.29, 1.82) is 0 Å². The van der Waals surface area contributed by atoms with Gasteiger partial charge in [-0.3, -0.25) is 20.7 Å². The summed E-state index contributed by atoms with van der Waals surface area (Å²) in [5.74, 6) is 3.12. The second-order valence-electron chi connectivity index (χ2n) is 12.3. The average molecular weight is 508 g/mol. The Labute approximate surface area is 216 Å². The number of carbonyl (C=O) groups is 1. The van der Waals surface area contributed by atoms with Gasteiger partial charge in [0.25, 0.3) is 0 Å². The van der Waals surface area contributed by atoms with Gasteiger partial charge in [0.05, 0.1) is 11.4 Å². The van der Waals surface area contributed by atoms with Crippen molar-refractivity contribution in [2.45, 2.75) is 113 Å². The van der Waals surface area contributed by atoms with Crippen molar-refractivity contribution in [3.05, 3.63) is 0 Å². The molecule has 5 N–H and O–H groups in total. The third-order valence-electron chi connectivity index (χ3n) is 9.68. The second-order valence-corrected chi connectivity index (χ2v) is 13.8. The Morgan fingerprint density at radius 3 is 2.71 bits per heavy atom. The van der Waals surface area contributed by atoms with Gasteiger partial charge in [-0.2, -0.15) is 0 Å². The molecule has 0 aromatic heterocycles. The Bertz CT molecular complexity index is 713. The zero-order chi connectivity index (χ0) is 24.4. The third-order valence-corrected chi connectivity index (χ3v) is 11.4. The predicted octanol–water partition coefficient (Wildman–Crippen LogP) is 2.42. The Kier molecular flexibility index (Phi) is 8.99. The minimum Gasteiger partial charge on any atom is -0.380 e. The van der Waals surface area contributed by atoms with E-state index in [1.165, 1.54) is 25.7 Å². The molecule has 0 aromatic carbocycles. The number of amides is 1. The Morgan fingerprint density at radius 1 is 0.971 bits per heavy atom. The van der Waals surface area contributed by atoms with Gasteiger partial charge in [0, 0.05) is 37.0 Å². The first kappa shape index (κ1) is 26.2. The van der Waals surface area contributed by atoms with E-state index >= 15 is 0 Å². The van der Waals surface area contributed by atoms with Crippen molar-refractivity contribution >= 4 is 17.7 Å². The molecule has 3 heterocycles. The number of ether oxygens (including phenoxy) is 1. The van der Waals surface area contributed by atoms with Gasteiger partial charge in [0.2, 0.25) is 5.91 Å². The molecule has 1 amide bonds. The fourth-order valence-corrected chi connectivity index (χ4v) is 9.13. The molecule has 5 rings (SSSR count). The molecule has 11 atom stereocenters. The molecule has 8 heteroatoms. The molecule has 5 aliphatic rings. The number of thioether (sulfide) groups is 1. The van der Waals surface area contributed by atoms with Crippen molar-refractivity contribution in [3.8, 4) is 0 Å².